The van der Waals surface area contributed by atoms with E-state index in [1.165, 1.54) is 51.4 Å². The van der Waals surface area contributed by atoms with Crippen molar-refractivity contribution < 1.29 is 4.79 Å². The summed E-state index contributed by atoms with van der Waals surface area (Å²) in [6, 6.07) is 0. The van der Waals surface area contributed by atoms with Crippen molar-refractivity contribution in [2.24, 2.45) is 11.2 Å². The molecule has 5 heteroatoms. The van der Waals surface area contributed by atoms with Gasteiger partial charge in [0.15, 0.2) is 0 Å². The fraction of sp³-hybridized carbons (Fsp3) is 0.952. The summed E-state index contributed by atoms with van der Waals surface area (Å²) in [6.45, 7) is 7.60. The van der Waals surface area contributed by atoms with Gasteiger partial charge in [0.2, 0.25) is 5.91 Å². The number of nitrogens with zero attached hydrogens (tertiary/aromatic N) is 2. The highest BCUT2D eigenvalue weighted by Crippen LogP contribution is 2.22. The van der Waals surface area contributed by atoms with E-state index in [4.69, 9.17) is 0 Å². The van der Waals surface area contributed by atoms with Crippen molar-refractivity contribution in [3.8, 4) is 0 Å². The molecule has 0 radical (unpaired) electrons. The first-order valence-electron chi connectivity index (χ1n) is 10.8. The van der Waals surface area contributed by atoms with Crippen molar-refractivity contribution in [1.82, 2.24) is 10.3 Å². The van der Waals surface area contributed by atoms with Crippen molar-refractivity contribution in [3.05, 3.63) is 4.91 Å². The Morgan fingerprint density at radius 2 is 1.46 bits per heavy atom. The molecule has 0 aromatic rings. The first kappa shape index (κ1) is 22.9. The third-order valence-electron chi connectivity index (χ3n) is 5.44. The zero-order valence-electron chi connectivity index (χ0n) is 17.4. The van der Waals surface area contributed by atoms with Crippen LogP contribution in [0.15, 0.2) is 5.29 Å². The molecule has 1 saturated carbocycles. The molecule has 0 aliphatic heterocycles. The van der Waals surface area contributed by atoms with Crippen LogP contribution in [0.25, 0.3) is 0 Å². The molecule has 1 aliphatic carbocycles. The molecule has 5 nitrogen and oxygen atoms in total. The molecule has 1 fully saturated rings. The van der Waals surface area contributed by atoms with E-state index >= 15 is 0 Å². The average molecular weight is 368 g/mol. The summed E-state index contributed by atoms with van der Waals surface area (Å²) in [6.07, 6.45) is 15.3. The second kappa shape index (κ2) is 13.1. The number of nitrogens with one attached hydrogen (secondary N) is 1. The highest BCUT2D eigenvalue weighted by atomic mass is 16.3. The van der Waals surface area contributed by atoms with Gasteiger partial charge in [0.05, 0.1) is 10.8 Å². The molecule has 0 atom stereocenters. The van der Waals surface area contributed by atoms with E-state index in [-0.39, 0.29) is 17.4 Å². The Morgan fingerprint density at radius 1 is 0.923 bits per heavy atom. The van der Waals surface area contributed by atoms with E-state index in [1.807, 2.05) is 20.8 Å². The maximum absolute atomic E-state index is 12.3. The molecular weight excluding hydrogens is 326 g/mol. The van der Waals surface area contributed by atoms with Gasteiger partial charge in [0.25, 0.3) is 0 Å². The number of carbonyl (C=O) groups excluding carboxylic acids is 1. The lowest BCUT2D eigenvalue weighted by Gasteiger charge is -2.29. The lowest BCUT2D eigenvalue weighted by molar-refractivity contribution is -0.125. The normalized spacial score (nSPS) is 16.6. The van der Waals surface area contributed by atoms with E-state index in [2.05, 4.69) is 10.6 Å². The maximum atomic E-state index is 12.3. The molecule has 0 unspecified atom stereocenters. The highest BCUT2D eigenvalue weighted by molar-refractivity contribution is 5.78. The first-order chi connectivity index (χ1) is 12.4. The minimum absolute atomic E-state index is 0.184. The lowest BCUT2D eigenvalue weighted by Crippen LogP contribution is -2.37. The van der Waals surface area contributed by atoms with Crippen LogP contribution >= 0.6 is 0 Å². The van der Waals surface area contributed by atoms with E-state index in [0.29, 0.717) is 0 Å². The summed E-state index contributed by atoms with van der Waals surface area (Å²) >= 11 is 0. The van der Waals surface area contributed by atoms with E-state index in [0.717, 1.165) is 45.2 Å². The third kappa shape index (κ3) is 10.1. The van der Waals surface area contributed by atoms with Gasteiger partial charge in [-0.3, -0.25) is 9.80 Å². The molecule has 0 heterocycles. The number of unbranched alkanes of at least 4 members (excludes halogenated alkanes) is 5. The van der Waals surface area contributed by atoms with Crippen molar-refractivity contribution >= 4 is 5.91 Å². The van der Waals surface area contributed by atoms with Gasteiger partial charge in [-0.1, -0.05) is 57.8 Å². The molecule has 1 rings (SSSR count). The van der Waals surface area contributed by atoms with Crippen LogP contribution in [0.4, 0.5) is 0 Å². The number of amides is 1. The summed E-state index contributed by atoms with van der Waals surface area (Å²) in [5.41, 5.74) is -0.184. The predicted octanol–water partition coefficient (Wildman–Crippen LogP) is 5.59. The zero-order valence-corrected chi connectivity index (χ0v) is 17.4. The molecule has 0 bridgehead atoms. The number of hydrogen-bond donors (Lipinski definition) is 1. The standard InChI is InChI=1S/C21H41N3O2/c1-21(2,3)24(23-26)18-14-10-5-4-9-13-17-22-20(25)19-15-11-7-6-8-12-16-19/h19H,4-18H2,1-3H3,(H,22,25). The minimum atomic E-state index is -0.184. The molecule has 1 N–H and O–H groups in total. The SMILES string of the molecule is CC(C)(C)N(CCCCCCCCNC(=O)C1CCCCCCC1)N=O. The first-order valence-corrected chi connectivity index (χ1v) is 10.8. The van der Waals surface area contributed by atoms with Gasteiger partial charge < -0.3 is 5.32 Å². The van der Waals surface area contributed by atoms with Gasteiger partial charge in [-0.15, -0.1) is 4.91 Å². The van der Waals surface area contributed by atoms with Crippen LogP contribution in [0.5, 0.6) is 0 Å². The molecule has 1 aliphatic rings. The van der Waals surface area contributed by atoms with E-state index < -0.39 is 0 Å². The molecular formula is C21H41N3O2. The zero-order chi connectivity index (χ0) is 19.3. The van der Waals surface area contributed by atoms with Crippen LogP contribution in [0.3, 0.4) is 0 Å². The molecule has 152 valence electrons. The highest BCUT2D eigenvalue weighted by Gasteiger charge is 2.20. The molecule has 26 heavy (non-hydrogen) atoms. The lowest BCUT2D eigenvalue weighted by atomic mass is 9.90. The summed E-state index contributed by atoms with van der Waals surface area (Å²) in [7, 11) is 0. The topological polar surface area (TPSA) is 61.8 Å². The van der Waals surface area contributed by atoms with Gasteiger partial charge >= 0.3 is 0 Å². The molecule has 1 amide bonds. The Labute approximate surface area is 160 Å². The number of nitroso groups, excluding NO2 is 1. The van der Waals surface area contributed by atoms with Crippen LogP contribution in [0, 0.1) is 10.8 Å². The fourth-order valence-electron chi connectivity index (χ4n) is 3.67. The Bertz CT molecular complexity index is 385. The Hall–Kier alpha value is -1.13. The molecule has 0 spiro atoms. The number of rotatable bonds is 11. The Balaban J connectivity index is 1.98. The van der Waals surface area contributed by atoms with Crippen LogP contribution < -0.4 is 5.32 Å². The summed E-state index contributed by atoms with van der Waals surface area (Å²) < 4.78 is 0. The van der Waals surface area contributed by atoms with Gasteiger partial charge in [0, 0.05) is 19.0 Å². The van der Waals surface area contributed by atoms with E-state index in [9.17, 15) is 9.70 Å². The molecule has 0 saturated heterocycles. The van der Waals surface area contributed by atoms with Crippen molar-refractivity contribution in [1.29, 1.82) is 0 Å². The number of carbonyl (C=O) groups is 1. The van der Waals surface area contributed by atoms with Crippen LogP contribution in [-0.2, 0) is 4.79 Å². The quantitative estimate of drug-likeness (QED) is 0.294. The summed E-state index contributed by atoms with van der Waals surface area (Å²) in [5.74, 6) is 0.544. The third-order valence-corrected chi connectivity index (χ3v) is 5.44. The predicted molar refractivity (Wildman–Crippen MR) is 109 cm³/mol. The second-order valence-electron chi connectivity index (χ2n) is 8.83. The Kier molecular flexibility index (Phi) is 11.5. The number of hydrogen-bond acceptors (Lipinski definition) is 3. The van der Waals surface area contributed by atoms with Gasteiger partial charge in [-0.05, 0) is 46.5 Å². The van der Waals surface area contributed by atoms with Gasteiger partial charge in [0.1, 0.15) is 0 Å². The summed E-state index contributed by atoms with van der Waals surface area (Å²) in [4.78, 5) is 23.1. The largest absolute Gasteiger partial charge is 0.356 e. The van der Waals surface area contributed by atoms with Crippen LogP contribution in [0.1, 0.15) is 104 Å². The molecule has 0 aromatic heterocycles. The second-order valence-corrected chi connectivity index (χ2v) is 8.83. The van der Waals surface area contributed by atoms with Crippen molar-refractivity contribution in [2.75, 3.05) is 13.1 Å². The average Bonchev–Trinajstić information content (AvgIpc) is 2.55. The van der Waals surface area contributed by atoms with E-state index in [1.54, 1.807) is 5.01 Å². The minimum Gasteiger partial charge on any atom is -0.356 e. The van der Waals surface area contributed by atoms with Gasteiger partial charge in [-0.2, -0.15) is 0 Å². The Morgan fingerprint density at radius 3 is 2.04 bits per heavy atom. The fourth-order valence-corrected chi connectivity index (χ4v) is 3.67. The van der Waals surface area contributed by atoms with Gasteiger partial charge in [-0.25, -0.2) is 0 Å². The maximum Gasteiger partial charge on any atom is 0.223 e. The van der Waals surface area contributed by atoms with Crippen LogP contribution in [-0.4, -0.2) is 29.5 Å². The monoisotopic (exact) mass is 367 g/mol. The van der Waals surface area contributed by atoms with Crippen molar-refractivity contribution in [3.63, 3.8) is 0 Å². The summed E-state index contributed by atoms with van der Waals surface area (Å²) in [5, 5.41) is 7.91. The smallest absolute Gasteiger partial charge is 0.223 e. The van der Waals surface area contributed by atoms with Crippen molar-refractivity contribution in [2.45, 2.75) is 110 Å². The van der Waals surface area contributed by atoms with Crippen LogP contribution in [0.2, 0.25) is 0 Å². The molecule has 0 aromatic carbocycles.